The molecule has 3 aromatic rings. The fourth-order valence-electron chi connectivity index (χ4n) is 7.10. The molecule has 0 radical (unpaired) electrons. The number of carbonyl (C=O) groups is 3. The molecule has 0 spiro atoms. The van der Waals surface area contributed by atoms with E-state index in [2.05, 4.69) is 18.6 Å². The maximum Gasteiger partial charge on any atom is 0.240 e. The Hall–Kier alpha value is -4.08. The smallest absolute Gasteiger partial charge is 0.240 e. The van der Waals surface area contributed by atoms with E-state index in [-0.39, 0.29) is 30.7 Å². The molecule has 54 heavy (non-hydrogen) atoms. The zero-order valence-corrected chi connectivity index (χ0v) is 33.3. The lowest BCUT2D eigenvalue weighted by Crippen LogP contribution is -2.50. The number of primary amides is 1. The molecule has 3 amide bonds. The Morgan fingerprint density at radius 1 is 1.15 bits per heavy atom. The number of nitrogens with one attached hydrogen (secondary N) is 1. The van der Waals surface area contributed by atoms with Gasteiger partial charge in [-0.05, 0) is 69.4 Å². The Morgan fingerprint density at radius 3 is 2.57 bits per heavy atom. The highest BCUT2D eigenvalue weighted by Gasteiger charge is 2.56. The third kappa shape index (κ3) is 8.57. The average molecular weight is 781 g/mol. The lowest BCUT2D eigenvalue weighted by molar-refractivity contribution is -0.138. The van der Waals surface area contributed by atoms with Gasteiger partial charge in [-0.3, -0.25) is 19.1 Å². The minimum Gasteiger partial charge on any atom is -0.496 e. The van der Waals surface area contributed by atoms with Gasteiger partial charge in [0.1, 0.15) is 34.3 Å². The van der Waals surface area contributed by atoms with E-state index in [4.69, 9.17) is 30.9 Å². The second kappa shape index (κ2) is 16.0. The molecule has 0 bridgehead atoms. The van der Waals surface area contributed by atoms with Crippen molar-refractivity contribution in [1.82, 2.24) is 19.6 Å². The molecule has 1 aromatic carbocycles. The van der Waals surface area contributed by atoms with Crippen molar-refractivity contribution in [2.75, 3.05) is 13.7 Å². The number of ether oxygens (including phenoxy) is 2. The number of aromatic nitrogens is 2. The molecule has 2 aromatic heterocycles. The number of allylic oxidation sites excluding steroid dienone is 2. The van der Waals surface area contributed by atoms with Crippen LogP contribution in [-0.2, 0) is 24.4 Å². The Balaban J connectivity index is 1.03. The first-order valence-electron chi connectivity index (χ1n) is 18.8. The van der Waals surface area contributed by atoms with Crippen molar-refractivity contribution in [3.8, 4) is 22.2 Å². The standard InChI is InChI=1S/C39H52N6O7S2/c1-22(2)30-21-53-36(43-30)29-18-33(27-15-16-32(51-5)23(3)34(27)42-29)52-25-17-31(35(41)46)45(20-25)37(47)28(40)12-10-8-6-7-9-11-24-19-39(24,4)38(48)44-54(49,50)26-13-14-26/h9,11,15-16,18,21-22,24-26,28,31H,6-8,10,12-14,17,19-20,40H2,1-5H3,(H2,41,46)(H,44,48)/b11-9-/t24-,25-,28+,31+,39+/m1/s1. The molecule has 292 valence electrons. The molecule has 5 atom stereocenters. The minimum atomic E-state index is -3.55. The highest BCUT2D eigenvalue weighted by atomic mass is 32.2. The van der Waals surface area contributed by atoms with E-state index in [0.717, 1.165) is 47.3 Å². The predicted molar refractivity (Wildman–Crippen MR) is 208 cm³/mol. The highest BCUT2D eigenvalue weighted by Crippen LogP contribution is 2.53. The maximum atomic E-state index is 13.6. The molecule has 3 heterocycles. The van der Waals surface area contributed by atoms with E-state index >= 15 is 0 Å². The van der Waals surface area contributed by atoms with Crippen molar-refractivity contribution in [2.45, 2.75) is 115 Å². The SMILES string of the molecule is COc1ccc2c(O[C@@H]3C[C@@H](C(N)=O)N(C(=O)[C@@H](N)CCCCC/C=C\[C@@H]4C[C@]4(C)C(=O)NS(=O)(=O)C4CC4)C3)cc(-c3nc(C(C)C)cs3)nc2c1C. The summed E-state index contributed by atoms with van der Waals surface area (Å²) < 4.78 is 38.7. The minimum absolute atomic E-state index is 0.0207. The monoisotopic (exact) mass is 780 g/mol. The Morgan fingerprint density at radius 2 is 1.91 bits per heavy atom. The van der Waals surface area contributed by atoms with Crippen LogP contribution in [0, 0.1) is 18.3 Å². The van der Waals surface area contributed by atoms with Gasteiger partial charge in [0.2, 0.25) is 27.7 Å². The van der Waals surface area contributed by atoms with Crippen LogP contribution >= 0.6 is 11.3 Å². The van der Waals surface area contributed by atoms with Crippen molar-refractivity contribution in [1.29, 1.82) is 0 Å². The molecular weight excluding hydrogens is 729 g/mol. The van der Waals surface area contributed by atoms with Gasteiger partial charge >= 0.3 is 0 Å². The van der Waals surface area contributed by atoms with E-state index in [1.807, 2.05) is 42.7 Å². The predicted octanol–water partition coefficient (Wildman–Crippen LogP) is 5.10. The maximum absolute atomic E-state index is 13.6. The number of unbranched alkanes of at least 4 members (excludes halogenated alkanes) is 3. The Labute approximate surface area is 321 Å². The molecule has 3 aliphatic rings. The van der Waals surface area contributed by atoms with Crippen LogP contribution in [0.4, 0.5) is 0 Å². The van der Waals surface area contributed by atoms with Gasteiger partial charge in [0.05, 0.1) is 41.6 Å². The molecular formula is C39H52N6O7S2. The molecule has 2 saturated carbocycles. The van der Waals surface area contributed by atoms with E-state index < -0.39 is 50.7 Å². The zero-order valence-electron chi connectivity index (χ0n) is 31.7. The van der Waals surface area contributed by atoms with E-state index in [1.54, 1.807) is 14.0 Å². The highest BCUT2D eigenvalue weighted by molar-refractivity contribution is 7.90. The van der Waals surface area contributed by atoms with Gasteiger partial charge in [-0.1, -0.05) is 45.8 Å². The average Bonchev–Trinajstić information content (AvgIpc) is 3.99. The Bertz CT molecular complexity index is 2050. The molecule has 2 aliphatic carbocycles. The molecule has 1 saturated heterocycles. The van der Waals surface area contributed by atoms with Gasteiger partial charge in [0.15, 0.2) is 0 Å². The second-order valence-electron chi connectivity index (χ2n) is 15.5. The molecule has 15 heteroatoms. The number of aryl methyl sites for hydroxylation is 1. The zero-order chi connectivity index (χ0) is 38.9. The number of nitrogens with zero attached hydrogens (tertiary/aromatic N) is 3. The first kappa shape index (κ1) is 39.6. The molecule has 0 unspecified atom stereocenters. The summed E-state index contributed by atoms with van der Waals surface area (Å²) in [5.41, 5.74) is 14.7. The van der Waals surface area contributed by atoms with Crippen LogP contribution in [0.3, 0.4) is 0 Å². The van der Waals surface area contributed by atoms with E-state index in [1.165, 1.54) is 16.2 Å². The lowest BCUT2D eigenvalue weighted by Gasteiger charge is -2.25. The van der Waals surface area contributed by atoms with Gasteiger partial charge in [0, 0.05) is 28.8 Å². The first-order chi connectivity index (χ1) is 25.6. The van der Waals surface area contributed by atoms with Crippen LogP contribution < -0.4 is 25.7 Å². The largest absolute Gasteiger partial charge is 0.496 e. The van der Waals surface area contributed by atoms with Crippen molar-refractivity contribution in [3.63, 3.8) is 0 Å². The Kier molecular flexibility index (Phi) is 11.7. The molecule has 13 nitrogen and oxygen atoms in total. The number of amides is 3. The number of pyridine rings is 1. The summed E-state index contributed by atoms with van der Waals surface area (Å²) in [6.45, 7) is 8.10. The van der Waals surface area contributed by atoms with Crippen molar-refractivity contribution in [2.24, 2.45) is 22.8 Å². The van der Waals surface area contributed by atoms with Crippen molar-refractivity contribution in [3.05, 3.63) is 47.0 Å². The quantitative estimate of drug-likeness (QED) is 0.122. The summed E-state index contributed by atoms with van der Waals surface area (Å²) in [6, 6.07) is 4.00. The number of methoxy groups -OCH3 is 1. The number of likely N-dealkylation sites (tertiary alicyclic amines) is 1. The fraction of sp³-hybridized carbons (Fsp3) is 0.564. The van der Waals surface area contributed by atoms with Crippen LogP contribution in [0.5, 0.6) is 11.5 Å². The number of fused-ring (bicyclic) bond motifs is 1. The number of hydrogen-bond donors (Lipinski definition) is 3. The van der Waals surface area contributed by atoms with Crippen LogP contribution in [0.2, 0.25) is 0 Å². The number of hydrogen-bond acceptors (Lipinski definition) is 11. The van der Waals surface area contributed by atoms with E-state index in [0.29, 0.717) is 48.4 Å². The molecule has 5 N–H and O–H groups in total. The number of benzene rings is 1. The number of nitrogens with two attached hydrogens (primary N) is 2. The van der Waals surface area contributed by atoms with Crippen molar-refractivity contribution >= 4 is 50.0 Å². The number of carbonyl (C=O) groups excluding carboxylic acids is 3. The van der Waals surface area contributed by atoms with Gasteiger partial charge in [0.25, 0.3) is 0 Å². The summed E-state index contributed by atoms with van der Waals surface area (Å²) >= 11 is 1.52. The second-order valence-corrected chi connectivity index (χ2v) is 18.3. The van der Waals surface area contributed by atoms with Crippen LogP contribution in [0.25, 0.3) is 21.6 Å². The third-order valence-corrected chi connectivity index (χ3v) is 13.7. The normalized spacial score (nSPS) is 23.2. The van der Waals surface area contributed by atoms with Gasteiger partial charge in [-0.25, -0.2) is 18.4 Å². The summed E-state index contributed by atoms with van der Waals surface area (Å²) in [5.74, 6) is 0.205. The first-order valence-corrected chi connectivity index (χ1v) is 21.2. The summed E-state index contributed by atoms with van der Waals surface area (Å²) in [4.78, 5) is 50.0. The van der Waals surface area contributed by atoms with Gasteiger partial charge in [-0.2, -0.15) is 0 Å². The number of rotatable bonds is 17. The van der Waals surface area contributed by atoms with Gasteiger partial charge in [-0.15, -0.1) is 11.3 Å². The van der Waals surface area contributed by atoms with Gasteiger partial charge < -0.3 is 25.8 Å². The lowest BCUT2D eigenvalue weighted by atomic mass is 10.0. The fourth-order valence-corrected chi connectivity index (χ4v) is 9.45. The van der Waals surface area contributed by atoms with Crippen LogP contribution in [0.1, 0.15) is 95.7 Å². The van der Waals surface area contributed by atoms with E-state index in [9.17, 15) is 22.8 Å². The molecule has 3 fully saturated rings. The van der Waals surface area contributed by atoms with Crippen LogP contribution in [-0.4, -0.2) is 78.1 Å². The third-order valence-electron chi connectivity index (χ3n) is 11.0. The molecule has 1 aliphatic heterocycles. The number of thiazole rings is 1. The number of sulfonamides is 1. The topological polar surface area (TPSA) is 197 Å². The summed E-state index contributed by atoms with van der Waals surface area (Å²) in [7, 11) is -1.93. The summed E-state index contributed by atoms with van der Waals surface area (Å²) in [5, 5.41) is 3.15. The van der Waals surface area contributed by atoms with Crippen molar-refractivity contribution < 1.29 is 32.3 Å². The molecule has 6 rings (SSSR count). The van der Waals surface area contributed by atoms with Crippen LogP contribution in [0.15, 0.2) is 35.7 Å². The summed E-state index contributed by atoms with van der Waals surface area (Å²) in [6.07, 6.45) is 9.32.